The van der Waals surface area contributed by atoms with Crippen LogP contribution in [0.3, 0.4) is 0 Å². The molecule has 74 valence electrons. The van der Waals surface area contributed by atoms with Gasteiger partial charge in [-0.3, -0.25) is 9.59 Å². The highest BCUT2D eigenvalue weighted by Gasteiger charge is 2.01. The summed E-state index contributed by atoms with van der Waals surface area (Å²) in [5.74, 6) is -0.690. The molecule has 0 N–H and O–H groups in total. The van der Waals surface area contributed by atoms with Crippen molar-refractivity contribution < 1.29 is 19.1 Å². The third-order valence-electron chi connectivity index (χ3n) is 1.33. The Morgan fingerprint density at radius 1 is 1.08 bits per heavy atom. The maximum Gasteiger partial charge on any atom is 0.302 e. The fourth-order valence-corrected chi connectivity index (χ4v) is 0.597. The zero-order chi connectivity index (χ0) is 10.3. The van der Waals surface area contributed by atoms with E-state index in [2.05, 4.69) is 0 Å². The summed E-state index contributed by atoms with van der Waals surface area (Å²) in [4.78, 5) is 20.9. The Morgan fingerprint density at radius 3 is 1.69 bits per heavy atom. The van der Waals surface area contributed by atoms with E-state index < -0.39 is 0 Å². The highest BCUT2D eigenvalue weighted by Crippen LogP contribution is 1.97. The second-order valence-corrected chi connectivity index (χ2v) is 2.51. The first kappa shape index (κ1) is 11.7. The first-order chi connectivity index (χ1) is 6.06. The third-order valence-corrected chi connectivity index (χ3v) is 1.33. The molecule has 0 saturated heterocycles. The summed E-state index contributed by atoms with van der Waals surface area (Å²) in [5, 5.41) is 0. The highest BCUT2D eigenvalue weighted by molar-refractivity contribution is 5.66. The predicted octanol–water partition coefficient (Wildman–Crippen LogP) is 1.06. The number of hydrogen-bond acceptors (Lipinski definition) is 4. The van der Waals surface area contributed by atoms with Gasteiger partial charge in [-0.15, -0.1) is 0 Å². The van der Waals surface area contributed by atoms with Crippen LogP contribution in [0.1, 0.15) is 20.8 Å². The Hall–Kier alpha value is -1.32. The topological polar surface area (TPSA) is 52.6 Å². The molecule has 0 aliphatic heterocycles. The lowest BCUT2D eigenvalue weighted by Gasteiger charge is -2.06. The monoisotopic (exact) mass is 186 g/mol. The molecule has 0 bridgehead atoms. The average Bonchev–Trinajstić information content (AvgIpc) is 2.04. The summed E-state index contributed by atoms with van der Waals surface area (Å²) in [7, 11) is 0. The van der Waals surface area contributed by atoms with E-state index in [1.807, 2.05) is 0 Å². The lowest BCUT2D eigenvalue weighted by Crippen LogP contribution is -2.10. The second-order valence-electron chi connectivity index (χ2n) is 2.51. The molecular weight excluding hydrogens is 172 g/mol. The molecule has 0 rings (SSSR count). The number of carbonyl (C=O) groups is 2. The van der Waals surface area contributed by atoms with Crippen LogP contribution in [0.4, 0.5) is 0 Å². The number of rotatable bonds is 4. The fraction of sp³-hybridized carbons (Fsp3) is 0.556. The zero-order valence-electron chi connectivity index (χ0n) is 8.12. The Balaban J connectivity index is 3.78. The van der Waals surface area contributed by atoms with Gasteiger partial charge in [0.05, 0.1) is 0 Å². The van der Waals surface area contributed by atoms with E-state index in [0.29, 0.717) is 0 Å². The standard InChI is InChI=1S/C9H14O4/c1-4-9(5-12-7(2)10)6-13-8(3)11/h4H,5-6H2,1-3H3. The molecule has 0 atom stereocenters. The van der Waals surface area contributed by atoms with E-state index in [9.17, 15) is 9.59 Å². The highest BCUT2D eigenvalue weighted by atomic mass is 16.5. The van der Waals surface area contributed by atoms with Gasteiger partial charge in [-0.1, -0.05) is 6.08 Å². The van der Waals surface area contributed by atoms with Crippen LogP contribution in [0.25, 0.3) is 0 Å². The van der Waals surface area contributed by atoms with Crippen molar-refractivity contribution in [1.29, 1.82) is 0 Å². The van der Waals surface area contributed by atoms with Gasteiger partial charge in [0.25, 0.3) is 0 Å². The van der Waals surface area contributed by atoms with Crippen molar-refractivity contribution in [3.05, 3.63) is 11.6 Å². The van der Waals surface area contributed by atoms with Crippen molar-refractivity contribution in [3.8, 4) is 0 Å². The van der Waals surface area contributed by atoms with Gasteiger partial charge in [0.15, 0.2) is 0 Å². The van der Waals surface area contributed by atoms with E-state index in [1.165, 1.54) is 13.8 Å². The summed E-state index contributed by atoms with van der Waals surface area (Å²) in [6.07, 6.45) is 1.76. The molecule has 13 heavy (non-hydrogen) atoms. The van der Waals surface area contributed by atoms with Crippen LogP contribution in [-0.2, 0) is 19.1 Å². The van der Waals surface area contributed by atoms with Gasteiger partial charge in [0.1, 0.15) is 13.2 Å². The van der Waals surface area contributed by atoms with Crippen LogP contribution in [-0.4, -0.2) is 25.2 Å². The minimum atomic E-state index is -0.345. The van der Waals surface area contributed by atoms with E-state index >= 15 is 0 Å². The molecule has 0 aromatic rings. The molecular formula is C9H14O4. The van der Waals surface area contributed by atoms with E-state index in [-0.39, 0.29) is 25.2 Å². The number of carbonyl (C=O) groups excluding carboxylic acids is 2. The Labute approximate surface area is 77.5 Å². The van der Waals surface area contributed by atoms with Crippen LogP contribution < -0.4 is 0 Å². The molecule has 0 aromatic heterocycles. The number of hydrogen-bond donors (Lipinski definition) is 0. The van der Waals surface area contributed by atoms with Gasteiger partial charge >= 0.3 is 11.9 Å². The van der Waals surface area contributed by atoms with Gasteiger partial charge in [-0.05, 0) is 6.92 Å². The smallest absolute Gasteiger partial charge is 0.302 e. The van der Waals surface area contributed by atoms with Crippen LogP contribution in [0.2, 0.25) is 0 Å². The molecule has 4 heteroatoms. The summed E-state index contributed by atoms with van der Waals surface area (Å²) < 4.78 is 9.46. The van der Waals surface area contributed by atoms with E-state index in [0.717, 1.165) is 5.57 Å². The van der Waals surface area contributed by atoms with Gasteiger partial charge in [0.2, 0.25) is 0 Å². The molecule has 0 saturated carbocycles. The van der Waals surface area contributed by atoms with Crippen molar-refractivity contribution >= 4 is 11.9 Å². The minimum Gasteiger partial charge on any atom is -0.461 e. The molecule has 0 fully saturated rings. The van der Waals surface area contributed by atoms with Crippen molar-refractivity contribution in [3.63, 3.8) is 0 Å². The summed E-state index contributed by atoms with van der Waals surface area (Å²) in [5.41, 5.74) is 0.769. The van der Waals surface area contributed by atoms with E-state index in [1.54, 1.807) is 13.0 Å². The molecule has 0 aliphatic rings. The fourth-order valence-electron chi connectivity index (χ4n) is 0.597. The Morgan fingerprint density at radius 2 is 1.46 bits per heavy atom. The SMILES string of the molecule is CC=C(COC(C)=O)COC(C)=O. The Kier molecular flexibility index (Phi) is 5.59. The largest absolute Gasteiger partial charge is 0.461 e. The maximum absolute atomic E-state index is 10.4. The van der Waals surface area contributed by atoms with E-state index in [4.69, 9.17) is 9.47 Å². The van der Waals surface area contributed by atoms with Crippen LogP contribution in [0, 0.1) is 0 Å². The minimum absolute atomic E-state index is 0.180. The Bertz CT molecular complexity index is 198. The van der Waals surface area contributed by atoms with Gasteiger partial charge in [0, 0.05) is 19.4 Å². The number of ether oxygens (including phenoxy) is 2. The quantitative estimate of drug-likeness (QED) is 0.486. The molecule has 0 unspecified atom stereocenters. The third kappa shape index (κ3) is 7.05. The number of allylic oxidation sites excluding steroid dienone is 1. The summed E-state index contributed by atoms with van der Waals surface area (Å²) in [6, 6.07) is 0. The van der Waals surface area contributed by atoms with Crippen LogP contribution in [0.5, 0.6) is 0 Å². The molecule has 4 nitrogen and oxygen atoms in total. The first-order valence-electron chi connectivity index (χ1n) is 3.97. The number of esters is 2. The van der Waals surface area contributed by atoms with Gasteiger partial charge < -0.3 is 9.47 Å². The predicted molar refractivity (Wildman–Crippen MR) is 47.0 cm³/mol. The molecule has 0 heterocycles. The summed E-state index contributed by atoms with van der Waals surface area (Å²) >= 11 is 0. The normalized spacial score (nSPS) is 8.85. The van der Waals surface area contributed by atoms with Crippen molar-refractivity contribution in [2.75, 3.05) is 13.2 Å². The molecule has 0 aromatic carbocycles. The first-order valence-corrected chi connectivity index (χ1v) is 3.97. The lowest BCUT2D eigenvalue weighted by molar-refractivity contribution is -0.141. The second kappa shape index (κ2) is 6.22. The van der Waals surface area contributed by atoms with Gasteiger partial charge in [-0.2, -0.15) is 0 Å². The van der Waals surface area contributed by atoms with Crippen LogP contribution in [0.15, 0.2) is 11.6 Å². The average molecular weight is 186 g/mol. The molecule has 0 radical (unpaired) electrons. The van der Waals surface area contributed by atoms with Crippen LogP contribution >= 0.6 is 0 Å². The van der Waals surface area contributed by atoms with Crippen molar-refractivity contribution in [1.82, 2.24) is 0 Å². The molecule has 0 amide bonds. The lowest BCUT2D eigenvalue weighted by atomic mass is 10.3. The summed E-state index contributed by atoms with van der Waals surface area (Å²) in [6.45, 7) is 4.82. The van der Waals surface area contributed by atoms with Crippen molar-refractivity contribution in [2.24, 2.45) is 0 Å². The molecule has 0 spiro atoms. The maximum atomic E-state index is 10.4. The van der Waals surface area contributed by atoms with Crippen molar-refractivity contribution in [2.45, 2.75) is 20.8 Å². The molecule has 0 aliphatic carbocycles. The zero-order valence-corrected chi connectivity index (χ0v) is 8.12. The van der Waals surface area contributed by atoms with Gasteiger partial charge in [-0.25, -0.2) is 0 Å².